The molecule has 1 aliphatic carbocycles. The average Bonchev–Trinajstić information content (AvgIpc) is 2.75. The number of aromatic amines is 1. The Morgan fingerprint density at radius 3 is 3.00 bits per heavy atom. The van der Waals surface area contributed by atoms with Gasteiger partial charge >= 0.3 is 0 Å². The maximum atomic E-state index is 4.44. The van der Waals surface area contributed by atoms with Gasteiger partial charge in [-0.3, -0.25) is 0 Å². The van der Waals surface area contributed by atoms with E-state index in [0.717, 1.165) is 11.8 Å². The summed E-state index contributed by atoms with van der Waals surface area (Å²) in [5.41, 5.74) is 1.33. The molecule has 1 aliphatic heterocycles. The number of aromatic nitrogens is 2. The fourth-order valence-electron chi connectivity index (χ4n) is 2.24. The summed E-state index contributed by atoms with van der Waals surface area (Å²) in [5, 5.41) is 3.40. The SMILES string of the molecule is c1nc(C2CC2)[nH]c1CC1CCNC1. The molecule has 0 radical (unpaired) electrons. The van der Waals surface area contributed by atoms with Crippen LogP contribution in [0, 0.1) is 5.92 Å². The maximum Gasteiger partial charge on any atom is 0.109 e. The van der Waals surface area contributed by atoms with Gasteiger partial charge in [0, 0.05) is 17.8 Å². The molecule has 3 nitrogen and oxygen atoms in total. The summed E-state index contributed by atoms with van der Waals surface area (Å²) in [6, 6.07) is 0. The Morgan fingerprint density at radius 1 is 1.36 bits per heavy atom. The highest BCUT2D eigenvalue weighted by Crippen LogP contribution is 2.38. The molecule has 2 fully saturated rings. The molecule has 2 aliphatic rings. The highest BCUT2D eigenvalue weighted by molar-refractivity contribution is 5.11. The molecule has 1 aromatic rings. The summed E-state index contributed by atoms with van der Waals surface area (Å²) in [5.74, 6) is 2.80. The molecule has 2 N–H and O–H groups in total. The van der Waals surface area contributed by atoms with Gasteiger partial charge in [0.15, 0.2) is 0 Å². The lowest BCUT2D eigenvalue weighted by molar-refractivity contribution is 0.572. The summed E-state index contributed by atoms with van der Waals surface area (Å²) >= 11 is 0. The Bertz CT molecular complexity index is 308. The first-order valence-corrected chi connectivity index (χ1v) is 5.66. The molecule has 76 valence electrons. The Kier molecular flexibility index (Phi) is 2.05. The quantitative estimate of drug-likeness (QED) is 0.759. The first-order valence-electron chi connectivity index (χ1n) is 5.66. The molecule has 14 heavy (non-hydrogen) atoms. The zero-order chi connectivity index (χ0) is 9.38. The van der Waals surface area contributed by atoms with Crippen molar-refractivity contribution in [2.75, 3.05) is 13.1 Å². The minimum Gasteiger partial charge on any atom is -0.346 e. The van der Waals surface area contributed by atoms with Gasteiger partial charge in [-0.2, -0.15) is 0 Å². The van der Waals surface area contributed by atoms with E-state index in [1.54, 1.807) is 0 Å². The summed E-state index contributed by atoms with van der Waals surface area (Å²) < 4.78 is 0. The predicted molar refractivity (Wildman–Crippen MR) is 55.2 cm³/mol. The zero-order valence-electron chi connectivity index (χ0n) is 8.42. The van der Waals surface area contributed by atoms with Crippen molar-refractivity contribution in [3.63, 3.8) is 0 Å². The van der Waals surface area contributed by atoms with Crippen molar-refractivity contribution in [1.82, 2.24) is 15.3 Å². The summed E-state index contributed by atoms with van der Waals surface area (Å²) in [6.45, 7) is 2.37. The molecule has 2 heterocycles. The first-order chi connectivity index (χ1) is 6.92. The van der Waals surface area contributed by atoms with Gasteiger partial charge in [-0.25, -0.2) is 4.98 Å². The smallest absolute Gasteiger partial charge is 0.109 e. The van der Waals surface area contributed by atoms with Crippen molar-refractivity contribution < 1.29 is 0 Å². The highest BCUT2D eigenvalue weighted by atomic mass is 14.9. The lowest BCUT2D eigenvalue weighted by atomic mass is 10.0. The van der Waals surface area contributed by atoms with Crippen LogP contribution in [0.15, 0.2) is 6.20 Å². The number of H-pyrrole nitrogens is 1. The van der Waals surface area contributed by atoms with Crippen molar-refractivity contribution in [3.05, 3.63) is 17.7 Å². The van der Waals surface area contributed by atoms with Crippen molar-refractivity contribution >= 4 is 0 Å². The minimum absolute atomic E-state index is 0.755. The maximum absolute atomic E-state index is 4.44. The van der Waals surface area contributed by atoms with Gasteiger partial charge in [-0.1, -0.05) is 0 Å². The zero-order valence-corrected chi connectivity index (χ0v) is 8.42. The van der Waals surface area contributed by atoms with Crippen LogP contribution in [0.2, 0.25) is 0 Å². The van der Waals surface area contributed by atoms with Crippen LogP contribution in [-0.2, 0) is 6.42 Å². The van der Waals surface area contributed by atoms with E-state index in [0.29, 0.717) is 0 Å². The topological polar surface area (TPSA) is 40.7 Å². The molecule has 1 unspecified atom stereocenters. The molecular weight excluding hydrogens is 174 g/mol. The minimum atomic E-state index is 0.755. The molecule has 3 heteroatoms. The number of nitrogens with one attached hydrogen (secondary N) is 2. The van der Waals surface area contributed by atoms with E-state index in [-0.39, 0.29) is 0 Å². The van der Waals surface area contributed by atoms with Crippen molar-refractivity contribution in [3.8, 4) is 0 Å². The second-order valence-corrected chi connectivity index (χ2v) is 4.63. The summed E-state index contributed by atoms with van der Waals surface area (Å²) in [6.07, 6.45) is 7.19. The number of hydrogen-bond donors (Lipinski definition) is 2. The van der Waals surface area contributed by atoms with Crippen LogP contribution < -0.4 is 5.32 Å². The molecule has 1 atom stereocenters. The Morgan fingerprint density at radius 2 is 2.29 bits per heavy atom. The van der Waals surface area contributed by atoms with Crippen molar-refractivity contribution in [2.45, 2.75) is 31.6 Å². The third-order valence-electron chi connectivity index (χ3n) is 3.28. The Labute approximate surface area is 84.3 Å². The number of hydrogen-bond acceptors (Lipinski definition) is 2. The number of imidazole rings is 1. The van der Waals surface area contributed by atoms with Crippen LogP contribution in [0.1, 0.15) is 36.7 Å². The third kappa shape index (κ3) is 1.69. The van der Waals surface area contributed by atoms with Crippen LogP contribution in [0.5, 0.6) is 0 Å². The van der Waals surface area contributed by atoms with Crippen LogP contribution >= 0.6 is 0 Å². The summed E-state index contributed by atoms with van der Waals surface area (Å²) in [7, 11) is 0. The van der Waals surface area contributed by atoms with Gasteiger partial charge in [0.25, 0.3) is 0 Å². The van der Waals surface area contributed by atoms with Crippen molar-refractivity contribution in [2.24, 2.45) is 5.92 Å². The van der Waals surface area contributed by atoms with Crippen molar-refractivity contribution in [1.29, 1.82) is 0 Å². The van der Waals surface area contributed by atoms with Gasteiger partial charge in [0.05, 0.1) is 0 Å². The van der Waals surface area contributed by atoms with E-state index < -0.39 is 0 Å². The molecule has 1 aromatic heterocycles. The molecular formula is C11H17N3. The second-order valence-electron chi connectivity index (χ2n) is 4.63. The molecule has 0 amide bonds. The van der Waals surface area contributed by atoms with Crippen LogP contribution in [-0.4, -0.2) is 23.1 Å². The number of rotatable bonds is 3. The predicted octanol–water partition coefficient (Wildman–Crippen LogP) is 1.44. The van der Waals surface area contributed by atoms with Crippen LogP contribution in [0.4, 0.5) is 0 Å². The van der Waals surface area contributed by atoms with E-state index >= 15 is 0 Å². The average molecular weight is 191 g/mol. The van der Waals surface area contributed by atoms with E-state index in [4.69, 9.17) is 0 Å². The highest BCUT2D eigenvalue weighted by Gasteiger charge is 2.26. The molecule has 0 bridgehead atoms. The van der Waals surface area contributed by atoms with E-state index in [9.17, 15) is 0 Å². The number of nitrogens with zero attached hydrogens (tertiary/aromatic N) is 1. The molecule has 1 saturated heterocycles. The monoisotopic (exact) mass is 191 g/mol. The third-order valence-corrected chi connectivity index (χ3v) is 3.28. The molecule has 3 rings (SSSR count). The Balaban J connectivity index is 1.64. The normalized spacial score (nSPS) is 27.0. The fourth-order valence-corrected chi connectivity index (χ4v) is 2.24. The van der Waals surface area contributed by atoms with E-state index in [2.05, 4.69) is 15.3 Å². The van der Waals surface area contributed by atoms with Crippen LogP contribution in [0.25, 0.3) is 0 Å². The second kappa shape index (κ2) is 3.39. The lowest BCUT2D eigenvalue weighted by Gasteiger charge is -2.04. The fraction of sp³-hybridized carbons (Fsp3) is 0.727. The standard InChI is InChI=1S/C11H17N3/c1-2-9(1)11-13-7-10(14-11)5-8-3-4-12-6-8/h7-9,12H,1-6H2,(H,13,14). The van der Waals surface area contributed by atoms with Crippen LogP contribution in [0.3, 0.4) is 0 Å². The lowest BCUT2D eigenvalue weighted by Crippen LogP contribution is -2.10. The molecule has 1 saturated carbocycles. The van der Waals surface area contributed by atoms with Gasteiger partial charge < -0.3 is 10.3 Å². The van der Waals surface area contributed by atoms with Gasteiger partial charge in [-0.05, 0) is 44.7 Å². The Hall–Kier alpha value is -0.830. The van der Waals surface area contributed by atoms with E-state index in [1.807, 2.05) is 6.20 Å². The van der Waals surface area contributed by atoms with E-state index in [1.165, 1.54) is 50.3 Å². The summed E-state index contributed by atoms with van der Waals surface area (Å²) in [4.78, 5) is 7.91. The van der Waals surface area contributed by atoms with Gasteiger partial charge in [0.1, 0.15) is 5.82 Å². The van der Waals surface area contributed by atoms with Gasteiger partial charge in [0.2, 0.25) is 0 Å². The largest absolute Gasteiger partial charge is 0.346 e. The first kappa shape index (κ1) is 8.48. The molecule has 0 spiro atoms. The van der Waals surface area contributed by atoms with Gasteiger partial charge in [-0.15, -0.1) is 0 Å². The molecule has 0 aromatic carbocycles.